The average Bonchev–Trinajstić information content (AvgIpc) is 0.918. The molecule has 0 aromatic heterocycles. The normalized spacial score (nSPS) is 4.75. The molecule has 0 aliphatic carbocycles. The van der Waals surface area contributed by atoms with Crippen LogP contribution in [0.25, 0.3) is 0 Å². The van der Waals surface area contributed by atoms with Crippen LogP contribution in [0.15, 0.2) is 0 Å². The zero-order chi connectivity index (χ0) is 2.71. The van der Waals surface area contributed by atoms with Gasteiger partial charge >= 0.3 is 29.7 Å². The molecule has 0 saturated carbocycles. The molecule has 0 N–H and O–H groups in total. The first-order valence-electron chi connectivity index (χ1n) is 1.41. The Morgan fingerprint density at radius 3 is 1.75 bits per heavy atom. The van der Waals surface area contributed by atoms with Gasteiger partial charge in [0.25, 0.3) is 0 Å². The maximum absolute atomic E-state index is 2.12. The molecule has 0 bridgehead atoms. The van der Waals surface area contributed by atoms with Gasteiger partial charge in [0.15, 0.2) is 0 Å². The molecule has 0 fully saturated rings. The summed E-state index contributed by atoms with van der Waals surface area (Å²) < 4.78 is 0. The van der Waals surface area contributed by atoms with E-state index in [0.29, 0.717) is 0 Å². The van der Waals surface area contributed by atoms with Crippen LogP contribution in [-0.2, 0) is 0 Å². The van der Waals surface area contributed by atoms with Crippen LogP contribution in [0.1, 0.15) is 6.92 Å². The molecule has 0 heterocycles. The third kappa shape index (κ3) is 16.8. The van der Waals surface area contributed by atoms with E-state index in [4.69, 9.17) is 0 Å². The first kappa shape index (κ1) is 8.82. The van der Waals surface area contributed by atoms with E-state index in [2.05, 4.69) is 24.6 Å². The molecule has 0 saturated heterocycles. The molecular weight excluding hydrogens is 41.8 g/mol. The molecule has 0 aromatic carbocycles. The van der Waals surface area contributed by atoms with Crippen molar-refractivity contribution in [3.8, 4) is 0 Å². The summed E-state index contributed by atoms with van der Waals surface area (Å²) in [5.74, 6) is 0. The molecular formula is C2H8BLi. The molecule has 20 valence electrons. The van der Waals surface area contributed by atoms with Gasteiger partial charge in [-0.1, -0.05) is 0 Å². The van der Waals surface area contributed by atoms with Crippen LogP contribution in [0.5, 0.6) is 0 Å². The standard InChI is InChI=1S/C2H5.BH3.Li/c1-2;;/h1H2,2H3;1H3;. The predicted molar refractivity (Wildman–Crippen MR) is 26.2 cm³/mol. The first-order chi connectivity index (χ1) is 1.41. The van der Waals surface area contributed by atoms with Crippen molar-refractivity contribution in [2.24, 2.45) is 0 Å². The van der Waals surface area contributed by atoms with Crippen molar-refractivity contribution in [2.75, 3.05) is 0 Å². The van der Waals surface area contributed by atoms with E-state index >= 15 is 0 Å². The minimum atomic E-state index is 0. The van der Waals surface area contributed by atoms with Gasteiger partial charge in [0.1, 0.15) is 0 Å². The summed E-state index contributed by atoms with van der Waals surface area (Å²) in [6.45, 7) is 2.12. The van der Waals surface area contributed by atoms with Crippen molar-refractivity contribution in [3.63, 3.8) is 0 Å². The summed E-state index contributed by atoms with van der Waals surface area (Å²) >= 11 is 2.12. The molecule has 0 atom stereocenters. The van der Waals surface area contributed by atoms with Gasteiger partial charge in [0, 0.05) is 0 Å². The Balaban J connectivity index is 0. The van der Waals surface area contributed by atoms with Crippen molar-refractivity contribution < 1.29 is 0 Å². The average molecular weight is 49.8 g/mol. The van der Waals surface area contributed by atoms with Gasteiger partial charge in [-0.25, -0.2) is 0 Å². The Kier molecular flexibility index (Phi) is 20.7. The predicted octanol–water partition coefficient (Wildman–Crippen LogP) is -0.591. The SMILES string of the molecule is B.[Li][CH2]C. The van der Waals surface area contributed by atoms with Crippen LogP contribution in [0.3, 0.4) is 0 Å². The molecule has 0 unspecified atom stereocenters. The minimum absolute atomic E-state index is 0. The molecule has 2 heteroatoms. The summed E-state index contributed by atoms with van der Waals surface area (Å²) in [6.07, 6.45) is 0. The van der Waals surface area contributed by atoms with E-state index in [1.165, 1.54) is 5.09 Å². The third-order valence-electron chi connectivity index (χ3n) is 0. The van der Waals surface area contributed by atoms with Crippen LogP contribution in [0, 0.1) is 0 Å². The van der Waals surface area contributed by atoms with E-state index in [1.807, 2.05) is 0 Å². The number of hydrogen-bond donors (Lipinski definition) is 0. The van der Waals surface area contributed by atoms with Crippen LogP contribution in [0.2, 0.25) is 5.09 Å². The van der Waals surface area contributed by atoms with Gasteiger partial charge in [0.05, 0.1) is 8.41 Å². The van der Waals surface area contributed by atoms with Crippen LogP contribution < -0.4 is 0 Å². The summed E-state index contributed by atoms with van der Waals surface area (Å²) in [6, 6.07) is 0. The molecule has 0 amide bonds. The molecule has 0 rings (SSSR count). The van der Waals surface area contributed by atoms with Gasteiger partial charge in [-0.15, -0.1) is 0 Å². The van der Waals surface area contributed by atoms with Gasteiger partial charge in [0.2, 0.25) is 0 Å². The van der Waals surface area contributed by atoms with Crippen molar-refractivity contribution in [2.45, 2.75) is 12.0 Å². The van der Waals surface area contributed by atoms with Crippen LogP contribution in [0.4, 0.5) is 0 Å². The second kappa shape index (κ2) is 9.39. The van der Waals surface area contributed by atoms with E-state index in [1.54, 1.807) is 0 Å². The van der Waals surface area contributed by atoms with Crippen LogP contribution in [-0.4, -0.2) is 26.1 Å². The first-order valence-corrected chi connectivity index (χ1v) is 1.41. The molecule has 0 aliphatic heterocycles. The van der Waals surface area contributed by atoms with Gasteiger partial charge < -0.3 is 0 Å². The second-order valence-electron chi connectivity index (χ2n) is 0.707. The zero-order valence-corrected chi connectivity index (χ0v) is 2.71. The van der Waals surface area contributed by atoms with E-state index in [9.17, 15) is 0 Å². The Labute approximate surface area is 38.7 Å². The van der Waals surface area contributed by atoms with Gasteiger partial charge in [-0.05, 0) is 0 Å². The monoisotopic (exact) mass is 50.1 g/mol. The van der Waals surface area contributed by atoms with E-state index < -0.39 is 0 Å². The number of rotatable bonds is 0. The van der Waals surface area contributed by atoms with Gasteiger partial charge in [-0.2, -0.15) is 0 Å². The Hall–Kier alpha value is 0.662. The van der Waals surface area contributed by atoms with E-state index in [0.717, 1.165) is 0 Å². The quantitative estimate of drug-likeness (QED) is 0.322. The molecule has 0 nitrogen and oxygen atoms in total. The van der Waals surface area contributed by atoms with Crippen molar-refractivity contribution >= 4 is 26.1 Å². The fourth-order valence-electron chi connectivity index (χ4n) is 0. The molecule has 0 aromatic rings. The fourth-order valence-corrected chi connectivity index (χ4v) is 0. The Morgan fingerprint density at radius 1 is 1.75 bits per heavy atom. The Bertz CT molecular complexity index is 6.00. The summed E-state index contributed by atoms with van der Waals surface area (Å²) in [4.78, 5) is 0. The topological polar surface area (TPSA) is 0 Å². The van der Waals surface area contributed by atoms with Gasteiger partial charge in [-0.3, -0.25) is 0 Å². The second-order valence-corrected chi connectivity index (χ2v) is 0.707. The molecule has 0 spiro atoms. The fraction of sp³-hybridized carbons (Fsp3) is 1.00. The Morgan fingerprint density at radius 2 is 1.75 bits per heavy atom. The van der Waals surface area contributed by atoms with Crippen molar-refractivity contribution in [3.05, 3.63) is 0 Å². The summed E-state index contributed by atoms with van der Waals surface area (Å²) in [5.41, 5.74) is 0. The van der Waals surface area contributed by atoms with E-state index in [-0.39, 0.29) is 8.41 Å². The summed E-state index contributed by atoms with van der Waals surface area (Å²) in [5, 5.41) is 1.25. The third-order valence-corrected chi connectivity index (χ3v) is 0. The van der Waals surface area contributed by atoms with Crippen molar-refractivity contribution in [1.82, 2.24) is 0 Å². The molecule has 0 radical (unpaired) electrons. The maximum atomic E-state index is 2.12. The molecule has 0 aliphatic rings. The van der Waals surface area contributed by atoms with Crippen molar-refractivity contribution in [1.29, 1.82) is 0 Å². The zero-order valence-electron chi connectivity index (χ0n) is 2.71. The molecule has 4 heavy (non-hydrogen) atoms. The van der Waals surface area contributed by atoms with Crippen LogP contribution >= 0.6 is 0 Å². The number of hydrogen-bond acceptors (Lipinski definition) is 0. The summed E-state index contributed by atoms with van der Waals surface area (Å²) in [7, 11) is 0.